The van der Waals surface area contributed by atoms with Gasteiger partial charge in [0.15, 0.2) is 8.32 Å². The topological polar surface area (TPSA) is 9.23 Å². The maximum absolute atomic E-state index is 6.56. The van der Waals surface area contributed by atoms with E-state index in [0.717, 1.165) is 23.7 Å². The molecule has 0 fully saturated rings. The number of hydrogen-bond acceptors (Lipinski definition) is 1. The Morgan fingerprint density at radius 2 is 1.71 bits per heavy atom. The minimum Gasteiger partial charge on any atom is -0.400 e. The lowest BCUT2D eigenvalue weighted by atomic mass is 10.1. The maximum atomic E-state index is 6.56. The van der Waals surface area contributed by atoms with Crippen molar-refractivity contribution >= 4 is 8.32 Å². The van der Waals surface area contributed by atoms with Gasteiger partial charge in [0.2, 0.25) is 0 Å². The van der Waals surface area contributed by atoms with Gasteiger partial charge < -0.3 is 4.43 Å². The summed E-state index contributed by atoms with van der Waals surface area (Å²) in [5.74, 6) is 6.60. The molecule has 0 saturated carbocycles. The average Bonchev–Trinajstić information content (AvgIpc) is 2.56. The molecule has 0 saturated heterocycles. The molecule has 0 aromatic heterocycles. The fourth-order valence-corrected chi connectivity index (χ4v) is 5.05. The summed E-state index contributed by atoms with van der Waals surface area (Å²) in [6.07, 6.45) is 2.05. The number of rotatable bonds is 6. The minimum absolute atomic E-state index is 0.0678. The van der Waals surface area contributed by atoms with Crippen LogP contribution in [-0.4, -0.2) is 14.4 Å². The van der Waals surface area contributed by atoms with Gasteiger partial charge in [0.25, 0.3) is 0 Å². The monoisotopic (exact) mass is 300 g/mol. The van der Waals surface area contributed by atoms with Crippen molar-refractivity contribution in [1.82, 2.24) is 0 Å². The second kappa shape index (κ2) is 8.87. The fraction of sp³-hybridized carbons (Fsp3) is 0.474. The zero-order valence-corrected chi connectivity index (χ0v) is 15.1. The summed E-state index contributed by atoms with van der Waals surface area (Å²) in [5, 5.41) is 0. The third-order valence-corrected chi connectivity index (χ3v) is 8.89. The van der Waals surface area contributed by atoms with E-state index in [0.29, 0.717) is 0 Å². The summed E-state index contributed by atoms with van der Waals surface area (Å²) in [4.78, 5) is 0. The van der Waals surface area contributed by atoms with E-state index in [9.17, 15) is 0 Å². The van der Waals surface area contributed by atoms with E-state index in [1.807, 2.05) is 30.3 Å². The lowest BCUT2D eigenvalue weighted by Gasteiger charge is -2.31. The first-order valence-corrected chi connectivity index (χ1v) is 10.5. The highest BCUT2D eigenvalue weighted by atomic mass is 28.4. The number of benzene rings is 1. The molecule has 1 nitrogen and oxygen atoms in total. The molecule has 1 rings (SSSR count). The predicted molar refractivity (Wildman–Crippen MR) is 94.8 cm³/mol. The van der Waals surface area contributed by atoms with E-state index in [4.69, 9.17) is 4.43 Å². The molecule has 2 heteroatoms. The summed E-state index contributed by atoms with van der Waals surface area (Å²) in [5.41, 5.74) is 2.26. The first-order valence-electron chi connectivity index (χ1n) is 7.98. The summed E-state index contributed by atoms with van der Waals surface area (Å²) >= 11 is 0. The van der Waals surface area contributed by atoms with Crippen molar-refractivity contribution in [3.63, 3.8) is 0 Å². The molecule has 21 heavy (non-hydrogen) atoms. The fourth-order valence-electron chi connectivity index (χ4n) is 2.31. The Bertz CT molecular complexity index is 495. The molecule has 0 aliphatic rings. The highest BCUT2D eigenvalue weighted by Crippen LogP contribution is 2.25. The van der Waals surface area contributed by atoms with Crippen LogP contribution in [0.3, 0.4) is 0 Å². The molecule has 0 amide bonds. The van der Waals surface area contributed by atoms with Crippen LogP contribution in [0.15, 0.2) is 42.0 Å². The third-order valence-electron chi connectivity index (χ3n) is 4.29. The standard InChI is InChI=1S/C19H28OSi/c1-6-17(5)19(20-21(7-2,8-3)9-4)16-15-18-13-11-10-12-14-18/h6,10-14,19H,7-9H2,1-5H3/b17-6+. The van der Waals surface area contributed by atoms with E-state index in [1.165, 1.54) is 5.57 Å². The van der Waals surface area contributed by atoms with Crippen LogP contribution in [0, 0.1) is 11.8 Å². The summed E-state index contributed by atoms with van der Waals surface area (Å²) in [7, 11) is -1.64. The largest absolute Gasteiger partial charge is 0.400 e. The van der Waals surface area contributed by atoms with Crippen LogP contribution < -0.4 is 0 Å². The molecule has 1 aromatic carbocycles. The molecule has 1 aromatic rings. The Hall–Kier alpha value is -1.30. The van der Waals surface area contributed by atoms with Crippen molar-refractivity contribution < 1.29 is 4.43 Å². The smallest absolute Gasteiger partial charge is 0.194 e. The second-order valence-corrected chi connectivity index (χ2v) is 10.1. The highest BCUT2D eigenvalue weighted by molar-refractivity contribution is 6.73. The zero-order valence-electron chi connectivity index (χ0n) is 14.1. The normalized spacial score (nSPS) is 13.5. The van der Waals surface area contributed by atoms with Crippen LogP contribution in [0.25, 0.3) is 0 Å². The van der Waals surface area contributed by atoms with Crippen LogP contribution in [0.1, 0.15) is 40.2 Å². The van der Waals surface area contributed by atoms with Crippen LogP contribution in [0.2, 0.25) is 18.1 Å². The van der Waals surface area contributed by atoms with Gasteiger partial charge in [-0.25, -0.2) is 0 Å². The average molecular weight is 301 g/mol. The number of hydrogen-bond donors (Lipinski definition) is 0. The summed E-state index contributed by atoms with van der Waals surface area (Å²) in [6, 6.07) is 13.6. The molecule has 114 valence electrons. The molecular weight excluding hydrogens is 272 g/mol. The molecule has 0 spiro atoms. The molecule has 0 aliphatic heterocycles. The van der Waals surface area contributed by atoms with Crippen molar-refractivity contribution in [2.24, 2.45) is 0 Å². The lowest BCUT2D eigenvalue weighted by molar-refractivity contribution is 0.274. The van der Waals surface area contributed by atoms with Crippen LogP contribution >= 0.6 is 0 Å². The molecule has 0 N–H and O–H groups in total. The van der Waals surface area contributed by atoms with Crippen LogP contribution in [-0.2, 0) is 4.43 Å². The first-order chi connectivity index (χ1) is 10.1. The molecular formula is C19H28OSi. The summed E-state index contributed by atoms with van der Waals surface area (Å²) < 4.78 is 6.56. The minimum atomic E-state index is -1.64. The highest BCUT2D eigenvalue weighted by Gasteiger charge is 2.31. The third kappa shape index (κ3) is 5.19. The van der Waals surface area contributed by atoms with E-state index >= 15 is 0 Å². The lowest BCUT2D eigenvalue weighted by Crippen LogP contribution is -2.39. The van der Waals surface area contributed by atoms with Gasteiger partial charge in [0.1, 0.15) is 6.10 Å². The Morgan fingerprint density at radius 1 is 1.14 bits per heavy atom. The van der Waals surface area contributed by atoms with E-state index < -0.39 is 8.32 Å². The van der Waals surface area contributed by atoms with Gasteiger partial charge >= 0.3 is 0 Å². The Kier molecular flexibility index (Phi) is 7.49. The molecule has 1 atom stereocenters. The van der Waals surface area contributed by atoms with Crippen molar-refractivity contribution in [2.45, 2.75) is 58.9 Å². The van der Waals surface area contributed by atoms with E-state index in [1.54, 1.807) is 0 Å². The van der Waals surface area contributed by atoms with Gasteiger partial charge in [-0.15, -0.1) is 0 Å². The van der Waals surface area contributed by atoms with E-state index in [2.05, 4.69) is 52.5 Å². The zero-order chi connectivity index (χ0) is 15.7. The van der Waals surface area contributed by atoms with Gasteiger partial charge in [-0.2, -0.15) is 0 Å². The Morgan fingerprint density at radius 3 is 2.19 bits per heavy atom. The molecule has 0 aliphatic carbocycles. The second-order valence-electron chi connectivity index (χ2n) is 5.41. The van der Waals surface area contributed by atoms with Gasteiger partial charge in [0, 0.05) is 5.56 Å². The van der Waals surface area contributed by atoms with Crippen LogP contribution in [0.5, 0.6) is 0 Å². The van der Waals surface area contributed by atoms with Gasteiger partial charge in [-0.05, 0) is 49.7 Å². The van der Waals surface area contributed by atoms with Gasteiger partial charge in [-0.1, -0.05) is 56.9 Å². The van der Waals surface area contributed by atoms with Crippen LogP contribution in [0.4, 0.5) is 0 Å². The van der Waals surface area contributed by atoms with Crippen molar-refractivity contribution in [3.05, 3.63) is 47.5 Å². The maximum Gasteiger partial charge on any atom is 0.194 e. The van der Waals surface area contributed by atoms with Crippen molar-refractivity contribution in [2.75, 3.05) is 0 Å². The first kappa shape index (κ1) is 17.7. The Labute approximate surface area is 131 Å². The molecule has 0 heterocycles. The van der Waals surface area contributed by atoms with Gasteiger partial charge in [-0.3, -0.25) is 0 Å². The Balaban J connectivity index is 3.00. The van der Waals surface area contributed by atoms with Crippen molar-refractivity contribution in [3.8, 4) is 11.8 Å². The van der Waals surface area contributed by atoms with Gasteiger partial charge in [0.05, 0.1) is 0 Å². The molecule has 0 bridgehead atoms. The number of allylic oxidation sites excluding steroid dienone is 1. The summed E-state index contributed by atoms with van der Waals surface area (Å²) in [6.45, 7) is 10.9. The van der Waals surface area contributed by atoms with Crippen molar-refractivity contribution in [1.29, 1.82) is 0 Å². The van der Waals surface area contributed by atoms with E-state index in [-0.39, 0.29) is 6.10 Å². The predicted octanol–water partition coefficient (Wildman–Crippen LogP) is 5.39. The SMILES string of the molecule is C/C=C(\C)C(C#Cc1ccccc1)O[Si](CC)(CC)CC. The quantitative estimate of drug-likeness (QED) is 0.388. The molecule has 1 unspecified atom stereocenters. The molecule has 0 radical (unpaired) electrons.